The van der Waals surface area contributed by atoms with Gasteiger partial charge in [-0.1, -0.05) is 48.5 Å². The van der Waals surface area contributed by atoms with Crippen LogP contribution in [0.5, 0.6) is 5.75 Å². The highest BCUT2D eigenvalue weighted by atomic mass is 16.5. The van der Waals surface area contributed by atoms with Gasteiger partial charge in [0.15, 0.2) is 6.10 Å². The van der Waals surface area contributed by atoms with Crippen LogP contribution >= 0.6 is 0 Å². The van der Waals surface area contributed by atoms with Gasteiger partial charge in [0.2, 0.25) is 0 Å². The number of aryl methyl sites for hydroxylation is 1. The average molecular weight is 305 g/mol. The van der Waals surface area contributed by atoms with Crippen molar-refractivity contribution in [2.24, 2.45) is 0 Å². The number of anilines is 1. The Morgan fingerprint density at radius 1 is 0.957 bits per heavy atom. The van der Waals surface area contributed by atoms with Gasteiger partial charge < -0.3 is 10.1 Å². The van der Waals surface area contributed by atoms with E-state index in [0.717, 1.165) is 22.0 Å². The fourth-order valence-corrected chi connectivity index (χ4v) is 2.45. The van der Waals surface area contributed by atoms with Gasteiger partial charge in [0, 0.05) is 5.69 Å². The highest BCUT2D eigenvalue weighted by Gasteiger charge is 2.15. The zero-order chi connectivity index (χ0) is 16.2. The molecule has 1 atom stereocenters. The lowest BCUT2D eigenvalue weighted by atomic mass is 10.1. The summed E-state index contributed by atoms with van der Waals surface area (Å²) in [5, 5.41) is 5.15. The van der Waals surface area contributed by atoms with Gasteiger partial charge in [-0.05, 0) is 48.4 Å². The molecule has 116 valence electrons. The predicted octanol–water partition coefficient (Wildman–Crippen LogP) is 4.55. The molecule has 0 aliphatic carbocycles. The molecular formula is C20H19NO2. The molecule has 0 unspecified atom stereocenters. The van der Waals surface area contributed by atoms with Crippen molar-refractivity contribution in [3.8, 4) is 5.75 Å². The van der Waals surface area contributed by atoms with Crippen LogP contribution in [0.1, 0.15) is 12.5 Å². The van der Waals surface area contributed by atoms with Gasteiger partial charge in [-0.3, -0.25) is 4.79 Å². The Hall–Kier alpha value is -2.81. The molecule has 0 aliphatic heterocycles. The quantitative estimate of drug-likeness (QED) is 0.767. The summed E-state index contributed by atoms with van der Waals surface area (Å²) >= 11 is 0. The van der Waals surface area contributed by atoms with Gasteiger partial charge in [-0.15, -0.1) is 0 Å². The molecule has 1 amide bonds. The molecule has 3 heteroatoms. The van der Waals surface area contributed by atoms with Crippen molar-refractivity contribution >= 4 is 22.4 Å². The first-order valence-electron chi connectivity index (χ1n) is 7.65. The van der Waals surface area contributed by atoms with E-state index in [0.29, 0.717) is 5.75 Å². The van der Waals surface area contributed by atoms with Crippen molar-refractivity contribution in [3.05, 3.63) is 72.3 Å². The summed E-state index contributed by atoms with van der Waals surface area (Å²) in [6.07, 6.45) is -0.573. The van der Waals surface area contributed by atoms with Crippen molar-refractivity contribution in [2.75, 3.05) is 5.32 Å². The maximum absolute atomic E-state index is 12.3. The summed E-state index contributed by atoms with van der Waals surface area (Å²) in [4.78, 5) is 12.3. The number of hydrogen-bond acceptors (Lipinski definition) is 2. The minimum Gasteiger partial charge on any atom is -0.481 e. The van der Waals surface area contributed by atoms with E-state index in [9.17, 15) is 4.79 Å². The SMILES string of the molecule is Cc1ccccc1NC(=O)[C@@H](C)Oc1ccc2ccccc2c1. The molecule has 0 bridgehead atoms. The van der Waals surface area contributed by atoms with Gasteiger partial charge in [0.1, 0.15) is 5.75 Å². The molecule has 3 aromatic rings. The Labute approximate surface area is 135 Å². The Kier molecular flexibility index (Phi) is 4.29. The van der Waals surface area contributed by atoms with Crippen LogP contribution in [0.25, 0.3) is 10.8 Å². The lowest BCUT2D eigenvalue weighted by Crippen LogP contribution is -2.30. The minimum atomic E-state index is -0.573. The topological polar surface area (TPSA) is 38.3 Å². The lowest BCUT2D eigenvalue weighted by Gasteiger charge is -2.16. The number of fused-ring (bicyclic) bond motifs is 1. The van der Waals surface area contributed by atoms with E-state index in [1.165, 1.54) is 0 Å². The molecule has 3 rings (SSSR count). The second-order valence-corrected chi connectivity index (χ2v) is 5.57. The predicted molar refractivity (Wildman–Crippen MR) is 93.8 cm³/mol. The van der Waals surface area contributed by atoms with Crippen LogP contribution < -0.4 is 10.1 Å². The number of nitrogens with one attached hydrogen (secondary N) is 1. The van der Waals surface area contributed by atoms with E-state index in [1.54, 1.807) is 6.92 Å². The molecule has 1 N–H and O–H groups in total. The third-order valence-corrected chi connectivity index (χ3v) is 3.81. The molecule has 0 radical (unpaired) electrons. The fraction of sp³-hybridized carbons (Fsp3) is 0.150. The van der Waals surface area contributed by atoms with E-state index < -0.39 is 6.10 Å². The molecule has 23 heavy (non-hydrogen) atoms. The van der Waals surface area contributed by atoms with Crippen LogP contribution in [0, 0.1) is 6.92 Å². The number of amides is 1. The van der Waals surface area contributed by atoms with Gasteiger partial charge in [-0.25, -0.2) is 0 Å². The number of ether oxygens (including phenoxy) is 1. The molecule has 0 fully saturated rings. The molecule has 0 aromatic heterocycles. The summed E-state index contributed by atoms with van der Waals surface area (Å²) in [5.41, 5.74) is 1.84. The molecule has 0 saturated carbocycles. The van der Waals surface area contributed by atoms with Gasteiger partial charge in [0.25, 0.3) is 5.91 Å². The van der Waals surface area contributed by atoms with E-state index in [4.69, 9.17) is 4.74 Å². The average Bonchev–Trinajstić information content (AvgIpc) is 2.56. The Morgan fingerprint density at radius 3 is 2.43 bits per heavy atom. The van der Waals surface area contributed by atoms with Crippen LogP contribution in [-0.2, 0) is 4.79 Å². The fourth-order valence-electron chi connectivity index (χ4n) is 2.45. The van der Waals surface area contributed by atoms with Crippen LogP contribution in [0.2, 0.25) is 0 Å². The van der Waals surface area contributed by atoms with Crippen LogP contribution in [0.3, 0.4) is 0 Å². The number of carbonyl (C=O) groups is 1. The zero-order valence-electron chi connectivity index (χ0n) is 13.2. The Balaban J connectivity index is 1.71. The van der Waals surface area contributed by atoms with Crippen molar-refractivity contribution in [3.63, 3.8) is 0 Å². The van der Waals surface area contributed by atoms with Crippen LogP contribution in [0.4, 0.5) is 5.69 Å². The van der Waals surface area contributed by atoms with E-state index in [2.05, 4.69) is 5.32 Å². The third kappa shape index (κ3) is 3.51. The number of carbonyl (C=O) groups excluding carboxylic acids is 1. The summed E-state index contributed by atoms with van der Waals surface area (Å²) in [6, 6.07) is 21.6. The van der Waals surface area contributed by atoms with E-state index >= 15 is 0 Å². The molecular weight excluding hydrogens is 286 g/mol. The van der Waals surface area contributed by atoms with Gasteiger partial charge in [0.05, 0.1) is 0 Å². The number of hydrogen-bond donors (Lipinski definition) is 1. The largest absolute Gasteiger partial charge is 0.481 e. The highest BCUT2D eigenvalue weighted by Crippen LogP contribution is 2.22. The first-order chi connectivity index (χ1) is 11.1. The number of benzene rings is 3. The number of para-hydroxylation sites is 1. The molecule has 3 aromatic carbocycles. The number of rotatable bonds is 4. The lowest BCUT2D eigenvalue weighted by molar-refractivity contribution is -0.122. The summed E-state index contributed by atoms with van der Waals surface area (Å²) in [5.74, 6) is 0.531. The molecule has 0 spiro atoms. The van der Waals surface area contributed by atoms with Crippen LogP contribution in [-0.4, -0.2) is 12.0 Å². The Bertz CT molecular complexity index is 842. The second-order valence-electron chi connectivity index (χ2n) is 5.57. The first-order valence-corrected chi connectivity index (χ1v) is 7.65. The van der Waals surface area contributed by atoms with Crippen molar-refractivity contribution in [1.82, 2.24) is 0 Å². The van der Waals surface area contributed by atoms with Crippen molar-refractivity contribution in [1.29, 1.82) is 0 Å². The zero-order valence-corrected chi connectivity index (χ0v) is 13.2. The van der Waals surface area contributed by atoms with E-state index in [1.807, 2.05) is 73.7 Å². The second kappa shape index (κ2) is 6.53. The van der Waals surface area contributed by atoms with E-state index in [-0.39, 0.29) is 5.91 Å². The molecule has 0 saturated heterocycles. The molecule has 0 aliphatic rings. The van der Waals surface area contributed by atoms with Crippen molar-refractivity contribution < 1.29 is 9.53 Å². The smallest absolute Gasteiger partial charge is 0.265 e. The Morgan fingerprint density at radius 2 is 1.65 bits per heavy atom. The maximum Gasteiger partial charge on any atom is 0.265 e. The standard InChI is InChI=1S/C20H19NO2/c1-14-7-3-6-10-19(14)21-20(22)15(2)23-18-12-11-16-8-4-5-9-17(16)13-18/h3-13,15H,1-2H3,(H,21,22)/t15-/m1/s1. The van der Waals surface area contributed by atoms with Crippen molar-refractivity contribution in [2.45, 2.75) is 20.0 Å². The first kappa shape index (κ1) is 15.1. The maximum atomic E-state index is 12.3. The highest BCUT2D eigenvalue weighted by molar-refractivity contribution is 5.94. The van der Waals surface area contributed by atoms with Crippen LogP contribution in [0.15, 0.2) is 66.7 Å². The molecule has 0 heterocycles. The van der Waals surface area contributed by atoms with Gasteiger partial charge in [-0.2, -0.15) is 0 Å². The summed E-state index contributed by atoms with van der Waals surface area (Å²) in [6.45, 7) is 3.72. The molecule has 3 nitrogen and oxygen atoms in total. The minimum absolute atomic E-state index is 0.160. The summed E-state index contributed by atoms with van der Waals surface area (Å²) < 4.78 is 5.78. The van der Waals surface area contributed by atoms with Gasteiger partial charge >= 0.3 is 0 Å². The third-order valence-electron chi connectivity index (χ3n) is 3.81. The summed E-state index contributed by atoms with van der Waals surface area (Å²) in [7, 11) is 0. The normalized spacial score (nSPS) is 11.9. The monoisotopic (exact) mass is 305 g/mol.